The minimum atomic E-state index is 0.0620. The van der Waals surface area contributed by atoms with Gasteiger partial charge >= 0.3 is 0 Å². The molecular weight excluding hydrogens is 352 g/mol. The third kappa shape index (κ3) is 2.14. The maximum atomic E-state index is 12.3. The van der Waals surface area contributed by atoms with E-state index < -0.39 is 0 Å². The molecule has 0 amide bonds. The largest absolute Gasteiger partial charge is 0.289 e. The Morgan fingerprint density at radius 3 is 2.50 bits per heavy atom. The van der Waals surface area contributed by atoms with E-state index in [0.29, 0.717) is 0 Å². The number of carbonyl (C=O) groups excluding carboxylic acids is 1. The molecule has 82 valence electrons. The summed E-state index contributed by atoms with van der Waals surface area (Å²) in [4.78, 5) is 12.3. The van der Waals surface area contributed by atoms with Gasteiger partial charge in [0.05, 0.1) is 0 Å². The first-order valence-electron chi connectivity index (χ1n) is 4.62. The van der Waals surface area contributed by atoms with E-state index in [1.165, 1.54) is 11.3 Å². The molecule has 0 aliphatic heterocycles. The first kappa shape index (κ1) is 12.0. The molecule has 1 heterocycles. The van der Waals surface area contributed by atoms with Gasteiger partial charge in [-0.05, 0) is 34.5 Å². The average molecular weight is 360 g/mol. The lowest BCUT2D eigenvalue weighted by Crippen LogP contribution is -2.03. The third-order valence-electron chi connectivity index (χ3n) is 2.37. The van der Waals surface area contributed by atoms with Crippen LogP contribution in [0, 0.1) is 6.92 Å². The van der Waals surface area contributed by atoms with Gasteiger partial charge in [-0.25, -0.2) is 0 Å². The SMILES string of the molecule is Cc1c(Br)cccc1C(=O)c1cscc1Br. The van der Waals surface area contributed by atoms with Crippen molar-refractivity contribution in [3.8, 4) is 0 Å². The molecular formula is C12H8Br2OS. The molecule has 2 aromatic rings. The van der Waals surface area contributed by atoms with Gasteiger partial charge in [0.15, 0.2) is 5.78 Å². The van der Waals surface area contributed by atoms with Crippen LogP contribution in [0.2, 0.25) is 0 Å². The van der Waals surface area contributed by atoms with E-state index in [4.69, 9.17) is 0 Å². The molecule has 0 N–H and O–H groups in total. The van der Waals surface area contributed by atoms with Crippen LogP contribution in [0.25, 0.3) is 0 Å². The van der Waals surface area contributed by atoms with Crippen molar-refractivity contribution in [2.24, 2.45) is 0 Å². The summed E-state index contributed by atoms with van der Waals surface area (Å²) in [6.07, 6.45) is 0. The normalized spacial score (nSPS) is 10.4. The zero-order chi connectivity index (χ0) is 11.7. The maximum absolute atomic E-state index is 12.3. The first-order valence-corrected chi connectivity index (χ1v) is 7.15. The minimum absolute atomic E-state index is 0.0620. The lowest BCUT2D eigenvalue weighted by molar-refractivity contribution is 0.103. The van der Waals surface area contributed by atoms with Crippen molar-refractivity contribution in [3.63, 3.8) is 0 Å². The summed E-state index contributed by atoms with van der Waals surface area (Å²) >= 11 is 8.34. The van der Waals surface area contributed by atoms with Gasteiger partial charge in [-0.15, -0.1) is 0 Å². The lowest BCUT2D eigenvalue weighted by Gasteiger charge is -2.05. The molecule has 0 bridgehead atoms. The van der Waals surface area contributed by atoms with Crippen LogP contribution in [0.3, 0.4) is 0 Å². The van der Waals surface area contributed by atoms with Crippen LogP contribution in [0.15, 0.2) is 37.9 Å². The van der Waals surface area contributed by atoms with E-state index in [1.54, 1.807) is 0 Å². The summed E-state index contributed by atoms with van der Waals surface area (Å²) in [5.74, 6) is 0.0620. The first-order chi connectivity index (χ1) is 7.61. The van der Waals surface area contributed by atoms with Crippen LogP contribution in [0.5, 0.6) is 0 Å². The Balaban J connectivity index is 2.50. The molecule has 0 spiro atoms. The Morgan fingerprint density at radius 1 is 1.12 bits per heavy atom. The smallest absolute Gasteiger partial charge is 0.195 e. The van der Waals surface area contributed by atoms with Gasteiger partial charge in [0.1, 0.15) is 0 Å². The van der Waals surface area contributed by atoms with Crippen molar-refractivity contribution in [1.82, 2.24) is 0 Å². The molecule has 16 heavy (non-hydrogen) atoms. The van der Waals surface area contributed by atoms with Gasteiger partial charge in [0.25, 0.3) is 0 Å². The average Bonchev–Trinajstić information content (AvgIpc) is 2.68. The van der Waals surface area contributed by atoms with Gasteiger partial charge < -0.3 is 0 Å². The zero-order valence-corrected chi connectivity index (χ0v) is 12.4. The maximum Gasteiger partial charge on any atom is 0.195 e. The fraction of sp³-hybridized carbons (Fsp3) is 0.0833. The number of halogens is 2. The Bertz CT molecular complexity index is 546. The molecule has 0 aliphatic carbocycles. The highest BCUT2D eigenvalue weighted by atomic mass is 79.9. The van der Waals surface area contributed by atoms with Crippen molar-refractivity contribution in [2.45, 2.75) is 6.92 Å². The Morgan fingerprint density at radius 2 is 1.88 bits per heavy atom. The summed E-state index contributed by atoms with van der Waals surface area (Å²) < 4.78 is 1.83. The Hall–Kier alpha value is -0.450. The summed E-state index contributed by atoms with van der Waals surface area (Å²) in [7, 11) is 0. The number of hydrogen-bond donors (Lipinski definition) is 0. The van der Waals surface area contributed by atoms with Crippen molar-refractivity contribution < 1.29 is 4.79 Å². The van der Waals surface area contributed by atoms with E-state index in [9.17, 15) is 4.79 Å². The molecule has 0 atom stereocenters. The quantitative estimate of drug-likeness (QED) is 0.703. The summed E-state index contributed by atoms with van der Waals surface area (Å²) in [5, 5.41) is 3.79. The molecule has 0 aliphatic rings. The van der Waals surface area contributed by atoms with Crippen LogP contribution >= 0.6 is 43.2 Å². The molecule has 1 aromatic heterocycles. The molecule has 0 saturated carbocycles. The second kappa shape index (κ2) is 4.82. The molecule has 0 radical (unpaired) electrons. The molecule has 0 saturated heterocycles. The van der Waals surface area contributed by atoms with Crippen LogP contribution < -0.4 is 0 Å². The van der Waals surface area contributed by atoms with Crippen LogP contribution in [-0.4, -0.2) is 5.78 Å². The highest BCUT2D eigenvalue weighted by molar-refractivity contribution is 9.10. The van der Waals surface area contributed by atoms with E-state index in [2.05, 4.69) is 31.9 Å². The van der Waals surface area contributed by atoms with Crippen LogP contribution in [-0.2, 0) is 0 Å². The summed E-state index contributed by atoms with van der Waals surface area (Å²) in [6.45, 7) is 1.94. The number of benzene rings is 1. The van der Waals surface area contributed by atoms with Crippen molar-refractivity contribution in [1.29, 1.82) is 0 Å². The zero-order valence-electron chi connectivity index (χ0n) is 8.46. The van der Waals surface area contributed by atoms with Crippen molar-refractivity contribution in [3.05, 3.63) is 54.6 Å². The van der Waals surface area contributed by atoms with Gasteiger partial charge in [-0.1, -0.05) is 28.1 Å². The predicted octanol–water partition coefficient (Wildman–Crippen LogP) is 4.81. The number of carbonyl (C=O) groups is 1. The van der Waals surface area contributed by atoms with Crippen LogP contribution in [0.1, 0.15) is 21.5 Å². The third-order valence-corrected chi connectivity index (χ3v) is 4.93. The number of hydrogen-bond acceptors (Lipinski definition) is 2. The lowest BCUT2D eigenvalue weighted by atomic mass is 10.0. The van der Waals surface area contributed by atoms with E-state index in [1.807, 2.05) is 35.9 Å². The molecule has 0 unspecified atom stereocenters. The topological polar surface area (TPSA) is 17.1 Å². The molecule has 2 rings (SSSR count). The van der Waals surface area contributed by atoms with E-state index in [-0.39, 0.29) is 5.78 Å². The second-order valence-corrected chi connectivity index (χ2v) is 5.83. The highest BCUT2D eigenvalue weighted by Gasteiger charge is 2.16. The van der Waals surface area contributed by atoms with E-state index >= 15 is 0 Å². The fourth-order valence-corrected chi connectivity index (χ4v) is 3.26. The van der Waals surface area contributed by atoms with Gasteiger partial charge in [0, 0.05) is 30.8 Å². The molecule has 4 heteroatoms. The van der Waals surface area contributed by atoms with Crippen LogP contribution in [0.4, 0.5) is 0 Å². The van der Waals surface area contributed by atoms with Gasteiger partial charge in [0.2, 0.25) is 0 Å². The van der Waals surface area contributed by atoms with E-state index in [0.717, 1.165) is 25.6 Å². The number of thiophene rings is 1. The van der Waals surface area contributed by atoms with Gasteiger partial charge in [-0.3, -0.25) is 4.79 Å². The summed E-state index contributed by atoms with van der Waals surface area (Å²) in [5.41, 5.74) is 2.45. The predicted molar refractivity (Wildman–Crippen MR) is 74.3 cm³/mol. The van der Waals surface area contributed by atoms with Gasteiger partial charge in [-0.2, -0.15) is 11.3 Å². The monoisotopic (exact) mass is 358 g/mol. The van der Waals surface area contributed by atoms with Crippen molar-refractivity contribution in [2.75, 3.05) is 0 Å². The Labute approximate surface area is 115 Å². The fourth-order valence-electron chi connectivity index (χ4n) is 1.44. The minimum Gasteiger partial charge on any atom is -0.289 e. The number of ketones is 1. The Kier molecular flexibility index (Phi) is 3.62. The molecule has 0 fully saturated rings. The molecule has 1 nitrogen and oxygen atoms in total. The summed E-state index contributed by atoms with van der Waals surface area (Å²) in [6, 6.07) is 5.67. The second-order valence-electron chi connectivity index (χ2n) is 3.37. The standard InChI is InChI=1S/C12H8Br2OS/c1-7-8(3-2-4-10(7)13)12(15)9-5-16-6-11(9)14/h2-6H,1H3. The number of rotatable bonds is 2. The van der Waals surface area contributed by atoms with Crippen molar-refractivity contribution >= 4 is 49.0 Å². The molecule has 1 aromatic carbocycles. The highest BCUT2D eigenvalue weighted by Crippen LogP contribution is 2.27.